The van der Waals surface area contributed by atoms with Crippen LogP contribution in [0, 0.1) is 10.1 Å². The van der Waals surface area contributed by atoms with E-state index in [1.54, 1.807) is 42.6 Å². The number of hydrogen-bond acceptors (Lipinski definition) is 7. The number of nitrogens with zero attached hydrogens (tertiary/aromatic N) is 1. The fourth-order valence-corrected chi connectivity index (χ4v) is 4.59. The highest BCUT2D eigenvalue weighted by Gasteiger charge is 2.32. The number of carbonyl (C=O) groups is 2. The van der Waals surface area contributed by atoms with Crippen molar-refractivity contribution in [1.82, 2.24) is 5.32 Å². The van der Waals surface area contributed by atoms with E-state index in [9.17, 15) is 19.7 Å². The lowest BCUT2D eigenvalue weighted by molar-refractivity contribution is -0.385. The Bertz CT molecular complexity index is 1510. The number of nitro groups is 1. The van der Waals surface area contributed by atoms with E-state index in [4.69, 9.17) is 10.5 Å². The number of rotatable bonds is 6. The van der Waals surface area contributed by atoms with Gasteiger partial charge < -0.3 is 26.4 Å². The molecule has 2 aliphatic heterocycles. The zero-order valence-corrected chi connectivity index (χ0v) is 19.8. The van der Waals surface area contributed by atoms with Gasteiger partial charge in [-0.2, -0.15) is 0 Å². The molecule has 0 aliphatic carbocycles. The lowest BCUT2D eigenvalue weighted by Gasteiger charge is -2.33. The molecule has 1 atom stereocenters. The molecule has 10 heteroatoms. The molecule has 1 unspecified atom stereocenters. The molecule has 0 spiro atoms. The lowest BCUT2D eigenvalue weighted by Crippen LogP contribution is -2.42. The molecule has 10 nitrogen and oxygen atoms in total. The summed E-state index contributed by atoms with van der Waals surface area (Å²) in [5, 5.41) is 20.8. The lowest BCUT2D eigenvalue weighted by atomic mass is 9.84. The monoisotopic (exact) mass is 497 g/mol. The van der Waals surface area contributed by atoms with Gasteiger partial charge >= 0.3 is 5.69 Å². The Morgan fingerprint density at radius 3 is 2.49 bits per heavy atom. The number of carbonyl (C=O) groups excluding carboxylic acids is 2. The van der Waals surface area contributed by atoms with Crippen LogP contribution in [-0.2, 0) is 10.3 Å². The van der Waals surface area contributed by atoms with Gasteiger partial charge in [-0.1, -0.05) is 24.3 Å². The number of nitrogens with one attached hydrogen (secondary N) is 3. The predicted molar refractivity (Wildman–Crippen MR) is 140 cm³/mol. The van der Waals surface area contributed by atoms with Crippen molar-refractivity contribution < 1.29 is 19.2 Å². The SMILES string of the molecule is COc1cc(-c2ccc3c(c2)Nc2cc(C4(CC(N)=O)C=CC=CN4)ccc2NC3=O)ccc1[N+](=O)[O-]. The second kappa shape index (κ2) is 9.15. The summed E-state index contributed by atoms with van der Waals surface area (Å²) in [6.07, 6.45) is 7.35. The van der Waals surface area contributed by atoms with E-state index in [-0.39, 0.29) is 23.8 Å². The zero-order valence-electron chi connectivity index (χ0n) is 19.8. The Morgan fingerprint density at radius 2 is 1.78 bits per heavy atom. The molecule has 2 heterocycles. The Kier molecular flexibility index (Phi) is 5.84. The van der Waals surface area contributed by atoms with Crippen molar-refractivity contribution in [2.75, 3.05) is 17.7 Å². The van der Waals surface area contributed by atoms with Gasteiger partial charge in [0.05, 0.1) is 46.6 Å². The van der Waals surface area contributed by atoms with E-state index in [2.05, 4.69) is 16.0 Å². The molecule has 0 saturated carbocycles. The van der Waals surface area contributed by atoms with Crippen LogP contribution in [0.15, 0.2) is 79.0 Å². The van der Waals surface area contributed by atoms with Crippen molar-refractivity contribution in [1.29, 1.82) is 0 Å². The smallest absolute Gasteiger partial charge is 0.310 e. The molecule has 2 aliphatic rings. The third kappa shape index (κ3) is 4.36. The van der Waals surface area contributed by atoms with E-state index < -0.39 is 16.4 Å². The Morgan fingerprint density at radius 1 is 1.00 bits per heavy atom. The summed E-state index contributed by atoms with van der Waals surface area (Å²) < 4.78 is 5.20. The van der Waals surface area contributed by atoms with E-state index >= 15 is 0 Å². The van der Waals surface area contributed by atoms with Crippen molar-refractivity contribution in [3.8, 4) is 16.9 Å². The number of hydrogen-bond donors (Lipinski definition) is 4. The van der Waals surface area contributed by atoms with Crippen LogP contribution in [0.5, 0.6) is 5.75 Å². The quantitative estimate of drug-likeness (QED) is 0.293. The Labute approximate surface area is 212 Å². The molecule has 37 heavy (non-hydrogen) atoms. The third-order valence-corrected chi connectivity index (χ3v) is 6.41. The van der Waals surface area contributed by atoms with Crippen LogP contribution < -0.4 is 26.4 Å². The molecule has 0 bridgehead atoms. The molecule has 186 valence electrons. The van der Waals surface area contributed by atoms with Gasteiger partial charge in [0.1, 0.15) is 0 Å². The summed E-state index contributed by atoms with van der Waals surface area (Å²) in [7, 11) is 1.38. The second-order valence-electron chi connectivity index (χ2n) is 8.72. The Hall–Kier alpha value is -5.12. The normalized spacial score (nSPS) is 17.4. The summed E-state index contributed by atoms with van der Waals surface area (Å²) in [5.41, 5.74) is 9.00. The van der Waals surface area contributed by atoms with Gasteiger partial charge in [0, 0.05) is 6.07 Å². The van der Waals surface area contributed by atoms with Crippen molar-refractivity contribution in [3.63, 3.8) is 0 Å². The fraction of sp³-hybridized carbons (Fsp3) is 0.111. The average molecular weight is 498 g/mol. The minimum absolute atomic E-state index is 0.0434. The number of dihydropyridines is 1. The molecule has 0 fully saturated rings. The number of anilines is 3. The van der Waals surface area contributed by atoms with Crippen LogP contribution in [-0.4, -0.2) is 23.8 Å². The number of nitro benzene ring substituents is 1. The highest BCUT2D eigenvalue weighted by molar-refractivity contribution is 6.12. The number of methoxy groups -OCH3 is 1. The van der Waals surface area contributed by atoms with Crippen molar-refractivity contribution in [2.24, 2.45) is 5.73 Å². The summed E-state index contributed by atoms with van der Waals surface area (Å²) in [4.78, 5) is 35.6. The van der Waals surface area contributed by atoms with E-state index in [1.807, 2.05) is 30.4 Å². The number of amides is 2. The largest absolute Gasteiger partial charge is 0.490 e. The summed E-state index contributed by atoms with van der Waals surface area (Å²) in [5.74, 6) is -0.607. The molecule has 0 aromatic heterocycles. The first-order chi connectivity index (χ1) is 17.8. The zero-order chi connectivity index (χ0) is 26.2. The van der Waals surface area contributed by atoms with Gasteiger partial charge in [0.25, 0.3) is 5.91 Å². The maximum atomic E-state index is 13.0. The number of ether oxygens (including phenoxy) is 1. The fourth-order valence-electron chi connectivity index (χ4n) is 4.59. The topological polar surface area (TPSA) is 149 Å². The summed E-state index contributed by atoms with van der Waals surface area (Å²) in [6, 6.07) is 15.4. The first-order valence-corrected chi connectivity index (χ1v) is 11.4. The van der Waals surface area contributed by atoms with Gasteiger partial charge in [-0.25, -0.2) is 0 Å². The van der Waals surface area contributed by atoms with Gasteiger partial charge in [-0.3, -0.25) is 19.7 Å². The predicted octanol–water partition coefficient (Wildman–Crippen LogP) is 4.32. The molecule has 3 aromatic carbocycles. The van der Waals surface area contributed by atoms with E-state index in [0.29, 0.717) is 28.2 Å². The number of primary amides is 1. The maximum absolute atomic E-state index is 13.0. The van der Waals surface area contributed by atoms with Crippen molar-refractivity contribution in [3.05, 3.63) is 100 Å². The molecule has 5 N–H and O–H groups in total. The third-order valence-electron chi connectivity index (χ3n) is 6.41. The maximum Gasteiger partial charge on any atom is 0.310 e. The number of fused-ring (bicyclic) bond motifs is 2. The summed E-state index contributed by atoms with van der Waals surface area (Å²) >= 11 is 0. The van der Waals surface area contributed by atoms with Gasteiger partial charge in [-0.05, 0) is 65.4 Å². The highest BCUT2D eigenvalue weighted by Crippen LogP contribution is 2.39. The molecule has 3 aromatic rings. The van der Waals surface area contributed by atoms with Crippen LogP contribution in [0.2, 0.25) is 0 Å². The minimum Gasteiger partial charge on any atom is -0.490 e. The summed E-state index contributed by atoms with van der Waals surface area (Å²) in [6.45, 7) is 0. The number of allylic oxidation sites excluding steroid dienone is 2. The standard InChI is InChI=1S/C27H23N5O5/c1-37-24-13-17(5-9-23(24)32(35)36)16-4-7-19-21(12-16)30-22-14-18(6-8-20(22)31-26(19)34)27(15-25(28)33)10-2-3-11-29-27/h2-14,29-30H,15H2,1H3,(H2,28,33)(H,31,34). The minimum atomic E-state index is -0.826. The van der Waals surface area contributed by atoms with E-state index in [1.165, 1.54) is 13.2 Å². The van der Waals surface area contributed by atoms with Crippen LogP contribution >= 0.6 is 0 Å². The average Bonchev–Trinajstić information content (AvgIpc) is 3.02. The number of benzene rings is 3. The van der Waals surface area contributed by atoms with Crippen LogP contribution in [0.25, 0.3) is 11.1 Å². The Balaban J connectivity index is 1.56. The van der Waals surface area contributed by atoms with Gasteiger partial charge in [0.15, 0.2) is 5.75 Å². The molecular formula is C27H23N5O5. The molecule has 0 radical (unpaired) electrons. The first-order valence-electron chi connectivity index (χ1n) is 11.4. The van der Waals surface area contributed by atoms with Crippen LogP contribution in [0.4, 0.5) is 22.7 Å². The number of nitrogens with two attached hydrogens (primary N) is 1. The van der Waals surface area contributed by atoms with Crippen LogP contribution in [0.3, 0.4) is 0 Å². The van der Waals surface area contributed by atoms with Gasteiger partial charge in [0.2, 0.25) is 5.91 Å². The molecular weight excluding hydrogens is 474 g/mol. The van der Waals surface area contributed by atoms with E-state index in [0.717, 1.165) is 11.1 Å². The molecule has 5 rings (SSSR count). The molecule has 2 amide bonds. The molecule has 0 saturated heterocycles. The van der Waals surface area contributed by atoms with Crippen LogP contribution in [0.1, 0.15) is 22.3 Å². The second-order valence-corrected chi connectivity index (χ2v) is 8.72. The highest BCUT2D eigenvalue weighted by atomic mass is 16.6. The first kappa shape index (κ1) is 23.6. The van der Waals surface area contributed by atoms with Gasteiger partial charge in [-0.15, -0.1) is 0 Å². The van der Waals surface area contributed by atoms with Crippen molar-refractivity contribution >= 4 is 34.6 Å². The van der Waals surface area contributed by atoms with Crippen molar-refractivity contribution in [2.45, 2.75) is 12.0 Å².